The minimum absolute atomic E-state index is 0. The molecule has 1 N–H and O–H groups in total. The fourth-order valence-corrected chi connectivity index (χ4v) is 2.77. The van der Waals surface area contributed by atoms with E-state index in [1.54, 1.807) is 0 Å². The van der Waals surface area contributed by atoms with Gasteiger partial charge < -0.3 is 10.2 Å². The molecule has 106 valence electrons. The van der Waals surface area contributed by atoms with Crippen LogP contribution in [-0.2, 0) is 4.79 Å². The van der Waals surface area contributed by atoms with Gasteiger partial charge in [-0.25, -0.2) is 0 Å². The lowest BCUT2D eigenvalue weighted by Gasteiger charge is -2.32. The maximum atomic E-state index is 12.1. The van der Waals surface area contributed by atoms with E-state index in [9.17, 15) is 4.79 Å². The van der Waals surface area contributed by atoms with E-state index < -0.39 is 0 Å². The van der Waals surface area contributed by atoms with E-state index in [0.717, 1.165) is 52.1 Å². The van der Waals surface area contributed by atoms with Gasteiger partial charge in [-0.15, -0.1) is 12.4 Å². The first kappa shape index (κ1) is 15.7. The van der Waals surface area contributed by atoms with Crippen LogP contribution in [-0.4, -0.2) is 61.0 Å². The highest BCUT2D eigenvalue weighted by atomic mass is 35.5. The summed E-state index contributed by atoms with van der Waals surface area (Å²) in [6.45, 7) is 10.5. The molecule has 1 amide bonds. The zero-order valence-corrected chi connectivity index (χ0v) is 12.3. The average Bonchev–Trinajstić information content (AvgIpc) is 2.87. The molecule has 2 aliphatic rings. The zero-order valence-electron chi connectivity index (χ0n) is 11.5. The first-order valence-corrected chi connectivity index (χ1v) is 6.96. The third-order valence-electron chi connectivity index (χ3n) is 4.18. The molecular weight excluding hydrogens is 250 g/mol. The van der Waals surface area contributed by atoms with Crippen LogP contribution < -0.4 is 5.32 Å². The van der Waals surface area contributed by atoms with Crippen molar-refractivity contribution in [2.45, 2.75) is 32.7 Å². The lowest BCUT2D eigenvalue weighted by molar-refractivity contribution is -0.134. The highest BCUT2D eigenvalue weighted by molar-refractivity contribution is 5.85. The molecular formula is C13H26ClN3O. The third kappa shape index (κ3) is 3.59. The summed E-state index contributed by atoms with van der Waals surface area (Å²) in [6.07, 6.45) is 2.11. The molecule has 5 heteroatoms. The third-order valence-corrected chi connectivity index (χ3v) is 4.18. The minimum atomic E-state index is 0. The number of amides is 1. The molecule has 2 saturated heterocycles. The maximum Gasteiger partial charge on any atom is 0.225 e. The van der Waals surface area contributed by atoms with E-state index in [2.05, 4.69) is 22.0 Å². The quantitative estimate of drug-likeness (QED) is 0.833. The van der Waals surface area contributed by atoms with Crippen molar-refractivity contribution in [3.8, 4) is 0 Å². The number of carbonyl (C=O) groups excluding carboxylic acids is 1. The first-order chi connectivity index (χ1) is 8.22. The molecule has 2 aliphatic heterocycles. The number of hydrogen-bond acceptors (Lipinski definition) is 3. The fourth-order valence-electron chi connectivity index (χ4n) is 2.77. The van der Waals surface area contributed by atoms with Gasteiger partial charge in [0.05, 0.1) is 0 Å². The molecule has 0 aromatic heterocycles. The fraction of sp³-hybridized carbons (Fsp3) is 0.923. The summed E-state index contributed by atoms with van der Waals surface area (Å²) < 4.78 is 0. The first-order valence-electron chi connectivity index (χ1n) is 6.96. The van der Waals surface area contributed by atoms with E-state index in [4.69, 9.17) is 0 Å². The van der Waals surface area contributed by atoms with Gasteiger partial charge in [0.15, 0.2) is 0 Å². The molecule has 0 saturated carbocycles. The molecule has 0 spiro atoms. The molecule has 2 unspecified atom stereocenters. The minimum Gasteiger partial charge on any atom is -0.341 e. The Kier molecular flexibility index (Phi) is 6.39. The summed E-state index contributed by atoms with van der Waals surface area (Å²) in [5.41, 5.74) is 0. The van der Waals surface area contributed by atoms with Crippen molar-refractivity contribution in [1.29, 1.82) is 0 Å². The second-order valence-corrected chi connectivity index (χ2v) is 5.32. The zero-order chi connectivity index (χ0) is 12.3. The molecule has 2 fully saturated rings. The number of nitrogens with zero attached hydrogens (tertiary/aromatic N) is 2. The SMILES string of the molecule is CCC(C)C(=O)N1CCC(N2CCNCC2)C1.Cl. The molecule has 0 radical (unpaired) electrons. The molecule has 2 atom stereocenters. The van der Waals surface area contributed by atoms with Crippen molar-refractivity contribution < 1.29 is 4.79 Å². The number of halogens is 1. The van der Waals surface area contributed by atoms with Crippen molar-refractivity contribution in [2.75, 3.05) is 39.3 Å². The number of carbonyl (C=O) groups is 1. The van der Waals surface area contributed by atoms with Crippen molar-refractivity contribution >= 4 is 18.3 Å². The second kappa shape index (κ2) is 7.31. The smallest absolute Gasteiger partial charge is 0.225 e. The van der Waals surface area contributed by atoms with E-state index in [0.29, 0.717) is 11.9 Å². The van der Waals surface area contributed by atoms with Crippen LogP contribution >= 0.6 is 12.4 Å². The van der Waals surface area contributed by atoms with Gasteiger partial charge in [-0.05, 0) is 12.8 Å². The van der Waals surface area contributed by atoms with Crippen LogP contribution in [0.5, 0.6) is 0 Å². The predicted octanol–water partition coefficient (Wildman–Crippen LogP) is 0.960. The Morgan fingerprint density at radius 2 is 2.00 bits per heavy atom. The Balaban J connectivity index is 0.00000162. The van der Waals surface area contributed by atoms with Crippen molar-refractivity contribution in [1.82, 2.24) is 15.1 Å². The summed E-state index contributed by atoms with van der Waals surface area (Å²) in [5.74, 6) is 0.543. The maximum absolute atomic E-state index is 12.1. The lowest BCUT2D eigenvalue weighted by atomic mass is 10.1. The van der Waals surface area contributed by atoms with Crippen LogP contribution in [0.1, 0.15) is 26.7 Å². The van der Waals surface area contributed by atoms with Crippen LogP contribution in [0, 0.1) is 5.92 Å². The van der Waals surface area contributed by atoms with E-state index in [1.807, 2.05) is 6.92 Å². The summed E-state index contributed by atoms with van der Waals surface area (Å²) in [7, 11) is 0. The second-order valence-electron chi connectivity index (χ2n) is 5.32. The molecule has 0 aromatic carbocycles. The summed E-state index contributed by atoms with van der Waals surface area (Å²) in [5, 5.41) is 3.38. The number of piperazine rings is 1. The number of nitrogens with one attached hydrogen (secondary N) is 1. The number of rotatable bonds is 3. The van der Waals surface area contributed by atoms with Gasteiger partial charge in [0, 0.05) is 51.2 Å². The average molecular weight is 276 g/mol. The Bertz CT molecular complexity index is 269. The molecule has 4 nitrogen and oxygen atoms in total. The Hall–Kier alpha value is -0.320. The summed E-state index contributed by atoms with van der Waals surface area (Å²) in [4.78, 5) is 16.7. The van der Waals surface area contributed by atoms with Crippen molar-refractivity contribution in [3.63, 3.8) is 0 Å². The van der Waals surface area contributed by atoms with Gasteiger partial charge in [-0.3, -0.25) is 9.69 Å². The van der Waals surface area contributed by atoms with Gasteiger partial charge in [-0.2, -0.15) is 0 Å². The number of likely N-dealkylation sites (tertiary alicyclic amines) is 1. The normalized spacial score (nSPS) is 26.8. The van der Waals surface area contributed by atoms with E-state index >= 15 is 0 Å². The van der Waals surface area contributed by atoms with Crippen LogP contribution in [0.3, 0.4) is 0 Å². The van der Waals surface area contributed by atoms with Gasteiger partial charge >= 0.3 is 0 Å². The highest BCUT2D eigenvalue weighted by Gasteiger charge is 2.31. The van der Waals surface area contributed by atoms with Gasteiger partial charge in [0.1, 0.15) is 0 Å². The summed E-state index contributed by atoms with van der Waals surface area (Å²) in [6, 6.07) is 0.602. The Labute approximate surface area is 116 Å². The highest BCUT2D eigenvalue weighted by Crippen LogP contribution is 2.19. The van der Waals surface area contributed by atoms with Crippen molar-refractivity contribution in [2.24, 2.45) is 5.92 Å². The van der Waals surface area contributed by atoms with E-state index in [1.165, 1.54) is 0 Å². The van der Waals surface area contributed by atoms with Crippen LogP contribution in [0.2, 0.25) is 0 Å². The van der Waals surface area contributed by atoms with E-state index in [-0.39, 0.29) is 18.3 Å². The monoisotopic (exact) mass is 275 g/mol. The molecule has 0 aliphatic carbocycles. The Morgan fingerprint density at radius 3 is 2.61 bits per heavy atom. The molecule has 2 rings (SSSR count). The van der Waals surface area contributed by atoms with Gasteiger partial charge in [-0.1, -0.05) is 13.8 Å². The summed E-state index contributed by atoms with van der Waals surface area (Å²) >= 11 is 0. The van der Waals surface area contributed by atoms with Crippen LogP contribution in [0.25, 0.3) is 0 Å². The standard InChI is InChI=1S/C13H25N3O.ClH/c1-3-11(2)13(17)16-7-4-12(10-16)15-8-5-14-6-9-15;/h11-12,14H,3-10H2,1-2H3;1H. The molecule has 0 aromatic rings. The Morgan fingerprint density at radius 1 is 1.33 bits per heavy atom. The van der Waals surface area contributed by atoms with Crippen LogP contribution in [0.4, 0.5) is 0 Å². The topological polar surface area (TPSA) is 35.6 Å². The molecule has 18 heavy (non-hydrogen) atoms. The van der Waals surface area contributed by atoms with Crippen LogP contribution in [0.15, 0.2) is 0 Å². The number of hydrogen-bond donors (Lipinski definition) is 1. The van der Waals surface area contributed by atoms with Crippen molar-refractivity contribution in [3.05, 3.63) is 0 Å². The van der Waals surface area contributed by atoms with Gasteiger partial charge in [0.2, 0.25) is 5.91 Å². The lowest BCUT2D eigenvalue weighted by Crippen LogP contribution is -2.49. The molecule has 2 heterocycles. The van der Waals surface area contributed by atoms with Gasteiger partial charge in [0.25, 0.3) is 0 Å². The molecule has 0 bridgehead atoms. The largest absolute Gasteiger partial charge is 0.341 e. The predicted molar refractivity (Wildman–Crippen MR) is 76.1 cm³/mol.